The minimum absolute atomic E-state index is 0.210. The van der Waals surface area contributed by atoms with E-state index in [0.29, 0.717) is 21.8 Å². The number of ketones is 1. The van der Waals surface area contributed by atoms with Crippen LogP contribution in [0.15, 0.2) is 60.8 Å². The van der Waals surface area contributed by atoms with Gasteiger partial charge in [-0.1, -0.05) is 29.8 Å². The zero-order valence-corrected chi connectivity index (χ0v) is 13.7. The van der Waals surface area contributed by atoms with Crippen LogP contribution in [0.4, 0.5) is 5.69 Å². The fourth-order valence-electron chi connectivity index (χ4n) is 1.93. The second kappa shape index (κ2) is 7.61. The third-order valence-corrected chi connectivity index (χ3v) is 3.29. The molecule has 0 bridgehead atoms. The summed E-state index contributed by atoms with van der Waals surface area (Å²) in [6.45, 7) is 0. The summed E-state index contributed by atoms with van der Waals surface area (Å²) in [7, 11) is 3.65. The highest BCUT2D eigenvalue weighted by Crippen LogP contribution is 2.22. The molecule has 0 atom stereocenters. The summed E-state index contributed by atoms with van der Waals surface area (Å²) >= 11 is 5.99. The summed E-state index contributed by atoms with van der Waals surface area (Å²) in [5.74, 6) is -0.503. The summed E-state index contributed by atoms with van der Waals surface area (Å²) in [6, 6.07) is 13.6. The van der Waals surface area contributed by atoms with Crippen LogP contribution in [-0.4, -0.2) is 30.7 Å². The van der Waals surface area contributed by atoms with Gasteiger partial charge in [-0.05, 0) is 30.3 Å². The van der Waals surface area contributed by atoms with Gasteiger partial charge in [0.2, 0.25) is 0 Å². The van der Waals surface area contributed by atoms with E-state index in [-0.39, 0.29) is 11.7 Å². The Kier molecular flexibility index (Phi) is 5.55. The number of nitrogens with one attached hydrogen (secondary N) is 1. The molecule has 0 fully saturated rings. The number of anilines is 1. The molecule has 2 aromatic carbocycles. The first-order valence-corrected chi connectivity index (χ1v) is 7.40. The number of amides is 1. The van der Waals surface area contributed by atoms with Gasteiger partial charge in [-0.2, -0.15) is 0 Å². The Bertz CT molecular complexity index is 740. The molecule has 5 heteroatoms. The lowest BCUT2D eigenvalue weighted by Gasteiger charge is -2.10. The van der Waals surface area contributed by atoms with Crippen LogP contribution in [0.2, 0.25) is 5.02 Å². The van der Waals surface area contributed by atoms with Gasteiger partial charge in [-0.25, -0.2) is 0 Å². The van der Waals surface area contributed by atoms with E-state index in [9.17, 15) is 9.59 Å². The number of carbonyl (C=O) groups excluding carboxylic acids is 2. The van der Waals surface area contributed by atoms with E-state index in [1.165, 1.54) is 6.08 Å². The Hall–Kier alpha value is -2.59. The summed E-state index contributed by atoms with van der Waals surface area (Å²) in [5.41, 5.74) is 1.28. The molecule has 0 spiro atoms. The van der Waals surface area contributed by atoms with Crippen molar-refractivity contribution in [1.82, 2.24) is 4.90 Å². The molecule has 0 heterocycles. The standard InChI is InChI=1S/C18H17ClN2O2/c1-21(2)11-10-17(22)15-9-8-14(19)12-16(15)20-18(23)13-6-4-3-5-7-13/h3-12H,1-2H3,(H,20,23)/b11-10+. The lowest BCUT2D eigenvalue weighted by molar-refractivity contribution is 0.102. The second-order valence-corrected chi connectivity index (χ2v) is 5.59. The molecule has 1 N–H and O–H groups in total. The molecule has 0 aliphatic carbocycles. The number of rotatable bonds is 5. The van der Waals surface area contributed by atoms with Crippen molar-refractivity contribution >= 4 is 29.0 Å². The topological polar surface area (TPSA) is 49.4 Å². The normalized spacial score (nSPS) is 10.6. The quantitative estimate of drug-likeness (QED) is 0.670. The number of hydrogen-bond acceptors (Lipinski definition) is 3. The van der Waals surface area contributed by atoms with Gasteiger partial charge in [-0.15, -0.1) is 0 Å². The molecule has 0 saturated heterocycles. The molecule has 0 aromatic heterocycles. The Morgan fingerprint density at radius 1 is 1.09 bits per heavy atom. The number of carbonyl (C=O) groups is 2. The molecule has 0 unspecified atom stereocenters. The van der Waals surface area contributed by atoms with E-state index in [1.807, 2.05) is 20.2 Å². The number of hydrogen-bond donors (Lipinski definition) is 1. The Morgan fingerprint density at radius 2 is 1.78 bits per heavy atom. The van der Waals surface area contributed by atoms with Crippen LogP contribution in [0.1, 0.15) is 20.7 Å². The molecule has 2 aromatic rings. The predicted molar refractivity (Wildman–Crippen MR) is 93.0 cm³/mol. The van der Waals surface area contributed by atoms with Gasteiger partial charge in [0.25, 0.3) is 5.91 Å². The lowest BCUT2D eigenvalue weighted by Crippen LogP contribution is -2.14. The van der Waals surface area contributed by atoms with Crippen LogP contribution < -0.4 is 5.32 Å². The van der Waals surface area contributed by atoms with Crippen molar-refractivity contribution in [2.45, 2.75) is 0 Å². The molecular weight excluding hydrogens is 312 g/mol. The van der Waals surface area contributed by atoms with Gasteiger partial charge in [0.05, 0.1) is 5.69 Å². The Balaban J connectivity index is 2.29. The van der Waals surface area contributed by atoms with Gasteiger partial charge >= 0.3 is 0 Å². The van der Waals surface area contributed by atoms with E-state index in [0.717, 1.165) is 0 Å². The third-order valence-electron chi connectivity index (χ3n) is 3.06. The highest BCUT2D eigenvalue weighted by molar-refractivity contribution is 6.31. The minimum Gasteiger partial charge on any atom is -0.383 e. The van der Waals surface area contributed by atoms with Gasteiger partial charge in [0.1, 0.15) is 0 Å². The van der Waals surface area contributed by atoms with E-state index < -0.39 is 0 Å². The van der Waals surface area contributed by atoms with Crippen LogP contribution in [-0.2, 0) is 0 Å². The van der Waals surface area contributed by atoms with Gasteiger partial charge in [0.15, 0.2) is 5.78 Å². The monoisotopic (exact) mass is 328 g/mol. The van der Waals surface area contributed by atoms with Crippen LogP contribution in [0.3, 0.4) is 0 Å². The van der Waals surface area contributed by atoms with Crippen LogP contribution in [0, 0.1) is 0 Å². The number of halogens is 1. The first-order valence-electron chi connectivity index (χ1n) is 7.02. The lowest BCUT2D eigenvalue weighted by atomic mass is 10.1. The molecule has 23 heavy (non-hydrogen) atoms. The summed E-state index contributed by atoms with van der Waals surface area (Å²) < 4.78 is 0. The minimum atomic E-state index is -0.293. The number of benzene rings is 2. The first-order chi connectivity index (χ1) is 11.0. The molecule has 4 nitrogen and oxygen atoms in total. The largest absolute Gasteiger partial charge is 0.383 e. The van der Waals surface area contributed by atoms with Gasteiger partial charge in [-0.3, -0.25) is 9.59 Å². The number of allylic oxidation sites excluding steroid dienone is 1. The van der Waals surface area contributed by atoms with Crippen LogP contribution in [0.25, 0.3) is 0 Å². The predicted octanol–water partition coefficient (Wildman–Crippen LogP) is 3.85. The van der Waals surface area contributed by atoms with Crippen molar-refractivity contribution in [3.8, 4) is 0 Å². The van der Waals surface area contributed by atoms with E-state index >= 15 is 0 Å². The second-order valence-electron chi connectivity index (χ2n) is 5.15. The average Bonchev–Trinajstić information content (AvgIpc) is 2.53. The van der Waals surface area contributed by atoms with Crippen molar-refractivity contribution in [3.63, 3.8) is 0 Å². The first kappa shape index (κ1) is 16.8. The van der Waals surface area contributed by atoms with Crippen molar-refractivity contribution in [3.05, 3.63) is 77.0 Å². The Morgan fingerprint density at radius 3 is 2.43 bits per heavy atom. The molecule has 0 aliphatic heterocycles. The van der Waals surface area contributed by atoms with Crippen LogP contribution in [0.5, 0.6) is 0 Å². The maximum atomic E-state index is 12.3. The summed E-state index contributed by atoms with van der Waals surface area (Å²) in [4.78, 5) is 26.3. The molecule has 2 rings (SSSR count). The van der Waals surface area contributed by atoms with Crippen LogP contribution >= 0.6 is 11.6 Å². The fraction of sp³-hybridized carbons (Fsp3) is 0.111. The van der Waals surface area contributed by atoms with Gasteiger partial charge < -0.3 is 10.2 Å². The smallest absolute Gasteiger partial charge is 0.255 e. The van der Waals surface area contributed by atoms with Crippen molar-refractivity contribution < 1.29 is 9.59 Å². The SMILES string of the molecule is CN(C)/C=C/C(=O)c1ccc(Cl)cc1NC(=O)c1ccccc1. The molecule has 1 amide bonds. The van der Waals surface area contributed by atoms with E-state index in [4.69, 9.17) is 11.6 Å². The summed E-state index contributed by atoms with van der Waals surface area (Å²) in [6.07, 6.45) is 3.10. The van der Waals surface area contributed by atoms with E-state index in [2.05, 4.69) is 5.32 Å². The average molecular weight is 329 g/mol. The Labute approximate surface area is 140 Å². The zero-order valence-electron chi connectivity index (χ0n) is 12.9. The van der Waals surface area contributed by atoms with Crippen molar-refractivity contribution in [2.75, 3.05) is 19.4 Å². The maximum absolute atomic E-state index is 12.3. The molecule has 0 aliphatic rings. The highest BCUT2D eigenvalue weighted by Gasteiger charge is 2.13. The maximum Gasteiger partial charge on any atom is 0.255 e. The van der Waals surface area contributed by atoms with E-state index in [1.54, 1.807) is 53.6 Å². The number of nitrogens with zero attached hydrogens (tertiary/aromatic N) is 1. The van der Waals surface area contributed by atoms with Gasteiger partial charge in [0, 0.05) is 42.5 Å². The molecule has 0 saturated carbocycles. The summed E-state index contributed by atoms with van der Waals surface area (Å²) in [5, 5.41) is 3.19. The molecular formula is C18H17ClN2O2. The molecule has 118 valence electrons. The fourth-order valence-corrected chi connectivity index (χ4v) is 2.10. The molecule has 0 radical (unpaired) electrons. The van der Waals surface area contributed by atoms with Crippen molar-refractivity contribution in [2.24, 2.45) is 0 Å². The highest BCUT2D eigenvalue weighted by atomic mass is 35.5. The zero-order chi connectivity index (χ0) is 16.8. The third kappa shape index (κ3) is 4.69. The van der Waals surface area contributed by atoms with Crippen molar-refractivity contribution in [1.29, 1.82) is 0 Å².